The molecule has 0 aromatic heterocycles. The molecule has 0 amide bonds. The number of halogens is 1. The Bertz CT molecular complexity index is 525. The van der Waals surface area contributed by atoms with Crippen molar-refractivity contribution in [2.75, 3.05) is 11.4 Å². The molecule has 0 aliphatic heterocycles. The van der Waals surface area contributed by atoms with Gasteiger partial charge < -0.3 is 10.0 Å². The fourth-order valence-electron chi connectivity index (χ4n) is 1.70. The highest BCUT2D eigenvalue weighted by Crippen LogP contribution is 2.26. The van der Waals surface area contributed by atoms with Crippen molar-refractivity contribution in [3.05, 3.63) is 59.1 Å². The van der Waals surface area contributed by atoms with Gasteiger partial charge in [-0.2, -0.15) is 0 Å². The molecule has 18 heavy (non-hydrogen) atoms. The van der Waals surface area contributed by atoms with Gasteiger partial charge in [0.05, 0.1) is 0 Å². The first-order chi connectivity index (χ1) is 8.66. The SMILES string of the molecule is O=C(O)CN(c1ccccc1)c1ccc(Br)cc1. The van der Waals surface area contributed by atoms with E-state index in [9.17, 15) is 4.79 Å². The first-order valence-corrected chi connectivity index (χ1v) is 6.26. The number of carboxylic acids is 1. The molecule has 0 fully saturated rings. The van der Waals surface area contributed by atoms with Crippen molar-refractivity contribution in [2.24, 2.45) is 0 Å². The summed E-state index contributed by atoms with van der Waals surface area (Å²) in [6.45, 7) is -0.0638. The molecule has 0 bridgehead atoms. The van der Waals surface area contributed by atoms with Gasteiger partial charge in [-0.05, 0) is 36.4 Å². The lowest BCUT2D eigenvalue weighted by molar-refractivity contribution is -0.135. The van der Waals surface area contributed by atoms with Crippen LogP contribution >= 0.6 is 15.9 Å². The van der Waals surface area contributed by atoms with Gasteiger partial charge in [0.25, 0.3) is 0 Å². The monoisotopic (exact) mass is 305 g/mol. The molecule has 2 aromatic rings. The van der Waals surface area contributed by atoms with Crippen molar-refractivity contribution >= 4 is 33.3 Å². The number of anilines is 2. The fraction of sp³-hybridized carbons (Fsp3) is 0.0714. The minimum absolute atomic E-state index is 0.0638. The van der Waals surface area contributed by atoms with Crippen LogP contribution in [-0.4, -0.2) is 17.6 Å². The van der Waals surface area contributed by atoms with Crippen LogP contribution in [0.2, 0.25) is 0 Å². The number of hydrogen-bond donors (Lipinski definition) is 1. The Balaban J connectivity index is 2.36. The Hall–Kier alpha value is -1.81. The molecule has 0 saturated heterocycles. The van der Waals surface area contributed by atoms with Crippen LogP contribution in [0.25, 0.3) is 0 Å². The Kier molecular flexibility index (Phi) is 3.99. The van der Waals surface area contributed by atoms with E-state index < -0.39 is 5.97 Å². The zero-order chi connectivity index (χ0) is 13.0. The number of carboxylic acid groups (broad SMARTS) is 1. The standard InChI is InChI=1S/C14H12BrNO2/c15-11-6-8-13(9-7-11)16(10-14(17)18)12-4-2-1-3-5-12/h1-9H,10H2,(H,17,18). The summed E-state index contributed by atoms with van der Waals surface area (Å²) in [6.07, 6.45) is 0. The molecule has 4 heteroatoms. The smallest absolute Gasteiger partial charge is 0.323 e. The van der Waals surface area contributed by atoms with Crippen LogP contribution < -0.4 is 4.90 Å². The molecule has 0 heterocycles. The van der Waals surface area contributed by atoms with Gasteiger partial charge in [0.2, 0.25) is 0 Å². The van der Waals surface area contributed by atoms with Crippen LogP contribution in [0.15, 0.2) is 59.1 Å². The minimum Gasteiger partial charge on any atom is -0.480 e. The Morgan fingerprint density at radius 1 is 1.00 bits per heavy atom. The number of hydrogen-bond acceptors (Lipinski definition) is 2. The topological polar surface area (TPSA) is 40.5 Å². The third kappa shape index (κ3) is 3.11. The molecule has 0 aliphatic carbocycles. The summed E-state index contributed by atoms with van der Waals surface area (Å²) in [4.78, 5) is 12.7. The van der Waals surface area contributed by atoms with Crippen molar-refractivity contribution in [2.45, 2.75) is 0 Å². The summed E-state index contributed by atoms with van der Waals surface area (Å²) >= 11 is 3.37. The van der Waals surface area contributed by atoms with Crippen molar-refractivity contribution in [3.63, 3.8) is 0 Å². The van der Waals surface area contributed by atoms with E-state index in [0.29, 0.717) is 0 Å². The summed E-state index contributed by atoms with van der Waals surface area (Å²) in [5, 5.41) is 9.01. The van der Waals surface area contributed by atoms with E-state index in [4.69, 9.17) is 5.11 Å². The van der Waals surface area contributed by atoms with Crippen LogP contribution in [0.3, 0.4) is 0 Å². The van der Waals surface area contributed by atoms with Gasteiger partial charge in [0.15, 0.2) is 0 Å². The van der Waals surface area contributed by atoms with Gasteiger partial charge in [0.1, 0.15) is 6.54 Å². The summed E-state index contributed by atoms with van der Waals surface area (Å²) in [5.74, 6) is -0.859. The first kappa shape index (κ1) is 12.6. The number of rotatable bonds is 4. The molecule has 0 spiro atoms. The Labute approximate surface area is 114 Å². The lowest BCUT2D eigenvalue weighted by Crippen LogP contribution is -2.24. The van der Waals surface area contributed by atoms with Gasteiger partial charge in [-0.15, -0.1) is 0 Å². The predicted molar refractivity (Wildman–Crippen MR) is 75.2 cm³/mol. The number of benzene rings is 2. The van der Waals surface area contributed by atoms with Gasteiger partial charge in [-0.3, -0.25) is 4.79 Å². The van der Waals surface area contributed by atoms with Crippen LogP contribution in [0.5, 0.6) is 0 Å². The highest BCUT2D eigenvalue weighted by Gasteiger charge is 2.12. The normalized spacial score (nSPS) is 10.1. The lowest BCUT2D eigenvalue weighted by atomic mass is 10.2. The summed E-state index contributed by atoms with van der Waals surface area (Å²) in [5.41, 5.74) is 1.72. The first-order valence-electron chi connectivity index (χ1n) is 5.47. The van der Waals surface area contributed by atoms with Crippen LogP contribution in [-0.2, 0) is 4.79 Å². The predicted octanol–water partition coefficient (Wildman–Crippen LogP) is 3.67. The second-order valence-electron chi connectivity index (χ2n) is 3.79. The van der Waals surface area contributed by atoms with E-state index in [1.807, 2.05) is 54.6 Å². The van der Waals surface area contributed by atoms with E-state index in [0.717, 1.165) is 15.8 Å². The third-order valence-corrected chi connectivity index (χ3v) is 3.03. The second-order valence-corrected chi connectivity index (χ2v) is 4.71. The van der Waals surface area contributed by atoms with Gasteiger partial charge in [0, 0.05) is 15.8 Å². The molecular weight excluding hydrogens is 294 g/mol. The highest BCUT2D eigenvalue weighted by atomic mass is 79.9. The van der Waals surface area contributed by atoms with Crippen molar-refractivity contribution in [3.8, 4) is 0 Å². The van der Waals surface area contributed by atoms with Crippen LogP contribution in [0.1, 0.15) is 0 Å². The molecule has 0 radical (unpaired) electrons. The summed E-state index contributed by atoms with van der Waals surface area (Å²) in [7, 11) is 0. The average Bonchev–Trinajstić information content (AvgIpc) is 2.38. The summed E-state index contributed by atoms with van der Waals surface area (Å²) in [6, 6.07) is 17.0. The molecule has 3 nitrogen and oxygen atoms in total. The molecule has 2 aromatic carbocycles. The molecule has 0 atom stereocenters. The van der Waals surface area contributed by atoms with Crippen molar-refractivity contribution in [1.82, 2.24) is 0 Å². The maximum Gasteiger partial charge on any atom is 0.323 e. The average molecular weight is 306 g/mol. The zero-order valence-electron chi connectivity index (χ0n) is 9.58. The van der Waals surface area contributed by atoms with Gasteiger partial charge in [-0.1, -0.05) is 34.1 Å². The Morgan fingerprint density at radius 2 is 1.56 bits per heavy atom. The number of aliphatic carboxylic acids is 1. The Morgan fingerprint density at radius 3 is 2.11 bits per heavy atom. The van der Waals surface area contributed by atoms with Crippen molar-refractivity contribution in [1.29, 1.82) is 0 Å². The van der Waals surface area contributed by atoms with Gasteiger partial charge in [-0.25, -0.2) is 0 Å². The second kappa shape index (κ2) is 5.69. The van der Waals surface area contributed by atoms with Crippen LogP contribution in [0, 0.1) is 0 Å². The highest BCUT2D eigenvalue weighted by molar-refractivity contribution is 9.10. The number of carbonyl (C=O) groups is 1. The van der Waals surface area contributed by atoms with E-state index in [1.165, 1.54) is 0 Å². The number of nitrogens with zero attached hydrogens (tertiary/aromatic N) is 1. The summed E-state index contributed by atoms with van der Waals surface area (Å²) < 4.78 is 0.967. The number of para-hydroxylation sites is 1. The molecule has 0 saturated carbocycles. The van der Waals surface area contributed by atoms with Gasteiger partial charge >= 0.3 is 5.97 Å². The third-order valence-electron chi connectivity index (χ3n) is 2.50. The lowest BCUT2D eigenvalue weighted by Gasteiger charge is -2.23. The largest absolute Gasteiger partial charge is 0.480 e. The molecular formula is C14H12BrNO2. The molecule has 0 aliphatic rings. The van der Waals surface area contributed by atoms with Crippen LogP contribution in [0.4, 0.5) is 11.4 Å². The van der Waals surface area contributed by atoms with E-state index in [1.54, 1.807) is 4.90 Å². The maximum absolute atomic E-state index is 11.0. The minimum atomic E-state index is -0.859. The van der Waals surface area contributed by atoms with E-state index >= 15 is 0 Å². The molecule has 0 unspecified atom stereocenters. The van der Waals surface area contributed by atoms with Crippen molar-refractivity contribution < 1.29 is 9.90 Å². The maximum atomic E-state index is 11.0. The zero-order valence-corrected chi connectivity index (χ0v) is 11.2. The molecule has 2 rings (SSSR count). The quantitative estimate of drug-likeness (QED) is 0.937. The molecule has 92 valence electrons. The molecule has 1 N–H and O–H groups in total. The van der Waals surface area contributed by atoms with E-state index in [2.05, 4.69) is 15.9 Å². The van der Waals surface area contributed by atoms with E-state index in [-0.39, 0.29) is 6.54 Å². The fourth-order valence-corrected chi connectivity index (χ4v) is 1.96.